The predicted octanol–water partition coefficient (Wildman–Crippen LogP) is 1.39. The van der Waals surface area contributed by atoms with E-state index in [9.17, 15) is 14.3 Å². The Kier molecular flexibility index (Phi) is 6.09. The highest BCUT2D eigenvalue weighted by Crippen LogP contribution is 2.29. The van der Waals surface area contributed by atoms with E-state index in [0.717, 1.165) is 6.07 Å². The molecule has 5 nitrogen and oxygen atoms in total. The molecule has 98 valence electrons. The standard InChI is InChI=1S/C11H11FN2O3.ClH/c1-17-10(15)4-9(14)6-2-3-8(12)7(5-13)11(6)16;/h2-3,9,16H,4,14H2,1H3;1H/t9-;/m1./s1. The van der Waals surface area contributed by atoms with E-state index in [1.54, 1.807) is 0 Å². The Morgan fingerprint density at radius 1 is 1.67 bits per heavy atom. The minimum Gasteiger partial charge on any atom is -0.506 e. The van der Waals surface area contributed by atoms with Crippen molar-refractivity contribution in [3.63, 3.8) is 0 Å². The van der Waals surface area contributed by atoms with Gasteiger partial charge in [0.15, 0.2) is 0 Å². The number of hydrogen-bond acceptors (Lipinski definition) is 5. The molecule has 18 heavy (non-hydrogen) atoms. The van der Waals surface area contributed by atoms with Crippen molar-refractivity contribution >= 4 is 18.4 Å². The van der Waals surface area contributed by atoms with E-state index < -0.39 is 29.1 Å². The molecule has 0 aliphatic rings. The molecular weight excluding hydrogens is 263 g/mol. The van der Waals surface area contributed by atoms with Gasteiger partial charge in [0.1, 0.15) is 23.2 Å². The van der Waals surface area contributed by atoms with Crippen LogP contribution < -0.4 is 5.73 Å². The first-order valence-corrected chi connectivity index (χ1v) is 4.75. The summed E-state index contributed by atoms with van der Waals surface area (Å²) in [4.78, 5) is 11.0. The third-order valence-electron chi connectivity index (χ3n) is 2.28. The second-order valence-electron chi connectivity index (χ2n) is 3.36. The molecule has 1 aromatic carbocycles. The quantitative estimate of drug-likeness (QED) is 0.812. The summed E-state index contributed by atoms with van der Waals surface area (Å²) >= 11 is 0. The number of carbonyl (C=O) groups is 1. The van der Waals surface area contributed by atoms with Crippen LogP contribution in [0, 0.1) is 17.1 Å². The van der Waals surface area contributed by atoms with Gasteiger partial charge >= 0.3 is 5.97 Å². The number of benzene rings is 1. The minimum atomic E-state index is -0.852. The van der Waals surface area contributed by atoms with E-state index in [4.69, 9.17) is 11.0 Å². The Hall–Kier alpha value is -1.84. The summed E-state index contributed by atoms with van der Waals surface area (Å²) in [6.07, 6.45) is -0.166. The van der Waals surface area contributed by atoms with Gasteiger partial charge in [0.2, 0.25) is 0 Å². The number of methoxy groups -OCH3 is 1. The van der Waals surface area contributed by atoms with Crippen LogP contribution in [0.25, 0.3) is 0 Å². The van der Waals surface area contributed by atoms with Gasteiger partial charge in [0, 0.05) is 11.6 Å². The van der Waals surface area contributed by atoms with Gasteiger partial charge in [-0.3, -0.25) is 4.79 Å². The van der Waals surface area contributed by atoms with Crippen molar-refractivity contribution in [2.24, 2.45) is 5.73 Å². The van der Waals surface area contributed by atoms with Crippen LogP contribution in [-0.4, -0.2) is 18.2 Å². The van der Waals surface area contributed by atoms with Crippen molar-refractivity contribution in [1.82, 2.24) is 0 Å². The normalized spacial score (nSPS) is 11.0. The number of hydrogen-bond donors (Lipinski definition) is 2. The molecule has 0 radical (unpaired) electrons. The van der Waals surface area contributed by atoms with E-state index in [1.807, 2.05) is 0 Å². The zero-order chi connectivity index (χ0) is 13.0. The number of aromatic hydroxyl groups is 1. The number of rotatable bonds is 3. The number of phenolic OH excluding ortho intramolecular Hbond substituents is 1. The van der Waals surface area contributed by atoms with Gasteiger partial charge < -0.3 is 15.6 Å². The van der Waals surface area contributed by atoms with E-state index in [0.29, 0.717) is 0 Å². The first-order valence-electron chi connectivity index (χ1n) is 4.75. The van der Waals surface area contributed by atoms with Crippen molar-refractivity contribution < 1.29 is 19.0 Å². The molecule has 0 unspecified atom stereocenters. The van der Waals surface area contributed by atoms with Gasteiger partial charge in [-0.2, -0.15) is 5.26 Å². The van der Waals surface area contributed by atoms with Crippen LogP contribution in [0.15, 0.2) is 12.1 Å². The highest BCUT2D eigenvalue weighted by Gasteiger charge is 2.19. The maximum absolute atomic E-state index is 13.1. The van der Waals surface area contributed by atoms with Crippen LogP contribution in [-0.2, 0) is 9.53 Å². The summed E-state index contributed by atoms with van der Waals surface area (Å²) in [7, 11) is 1.21. The monoisotopic (exact) mass is 274 g/mol. The largest absolute Gasteiger partial charge is 0.506 e. The van der Waals surface area contributed by atoms with Crippen molar-refractivity contribution in [3.05, 3.63) is 29.1 Å². The molecule has 0 aliphatic carbocycles. The summed E-state index contributed by atoms with van der Waals surface area (Å²) in [5.41, 5.74) is 5.30. The molecule has 0 heterocycles. The average molecular weight is 275 g/mol. The first kappa shape index (κ1) is 16.2. The summed E-state index contributed by atoms with van der Waals surface area (Å²) in [5, 5.41) is 18.3. The van der Waals surface area contributed by atoms with Crippen LogP contribution in [0.3, 0.4) is 0 Å². The van der Waals surface area contributed by atoms with Crippen LogP contribution in [0.4, 0.5) is 4.39 Å². The molecular formula is C11H12ClFN2O3. The maximum Gasteiger partial charge on any atom is 0.307 e. The number of esters is 1. The molecule has 0 amide bonds. The summed E-state index contributed by atoms with van der Waals surface area (Å²) in [6.45, 7) is 0. The maximum atomic E-state index is 13.1. The van der Waals surface area contributed by atoms with Gasteiger partial charge in [-0.25, -0.2) is 4.39 Å². The fourth-order valence-electron chi connectivity index (χ4n) is 1.36. The van der Waals surface area contributed by atoms with E-state index in [2.05, 4.69) is 4.74 Å². The fourth-order valence-corrected chi connectivity index (χ4v) is 1.36. The number of carbonyl (C=O) groups excluding carboxylic acids is 1. The number of phenols is 1. The Morgan fingerprint density at radius 3 is 2.78 bits per heavy atom. The third-order valence-corrected chi connectivity index (χ3v) is 2.28. The lowest BCUT2D eigenvalue weighted by Gasteiger charge is -2.13. The zero-order valence-corrected chi connectivity index (χ0v) is 10.3. The van der Waals surface area contributed by atoms with Gasteiger partial charge in [-0.05, 0) is 6.07 Å². The minimum absolute atomic E-state index is 0. The van der Waals surface area contributed by atoms with Crippen molar-refractivity contribution in [2.75, 3.05) is 7.11 Å². The molecule has 7 heteroatoms. The van der Waals surface area contributed by atoms with Gasteiger partial charge in [-0.1, -0.05) is 6.07 Å². The molecule has 1 atom stereocenters. The lowest BCUT2D eigenvalue weighted by molar-refractivity contribution is -0.141. The van der Waals surface area contributed by atoms with Crippen molar-refractivity contribution in [3.8, 4) is 11.8 Å². The predicted molar refractivity (Wildman–Crippen MR) is 63.6 cm³/mol. The first-order chi connectivity index (χ1) is 8.01. The fraction of sp³-hybridized carbons (Fsp3) is 0.273. The molecule has 0 bridgehead atoms. The molecule has 0 saturated heterocycles. The number of nitriles is 1. The Morgan fingerprint density at radius 2 is 2.28 bits per heavy atom. The molecule has 1 aromatic rings. The highest BCUT2D eigenvalue weighted by molar-refractivity contribution is 5.85. The van der Waals surface area contributed by atoms with E-state index >= 15 is 0 Å². The molecule has 0 aromatic heterocycles. The Bertz CT molecular complexity index is 488. The second-order valence-corrected chi connectivity index (χ2v) is 3.36. The average Bonchev–Trinajstić information content (AvgIpc) is 2.29. The summed E-state index contributed by atoms with van der Waals surface area (Å²) < 4.78 is 17.5. The summed E-state index contributed by atoms with van der Waals surface area (Å²) in [6, 6.07) is 2.93. The van der Waals surface area contributed by atoms with E-state index in [-0.39, 0.29) is 24.4 Å². The van der Waals surface area contributed by atoms with Crippen LogP contribution in [0.1, 0.15) is 23.6 Å². The Labute approximate surface area is 109 Å². The molecule has 1 rings (SSSR count). The topological polar surface area (TPSA) is 96.3 Å². The lowest BCUT2D eigenvalue weighted by atomic mass is 10.0. The third kappa shape index (κ3) is 3.32. The molecule has 3 N–H and O–H groups in total. The summed E-state index contributed by atoms with van der Waals surface area (Å²) in [5.74, 6) is -1.93. The van der Waals surface area contributed by atoms with Gasteiger partial charge in [-0.15, -0.1) is 12.4 Å². The number of halogens is 2. The van der Waals surface area contributed by atoms with Crippen LogP contribution in [0.5, 0.6) is 5.75 Å². The second kappa shape index (κ2) is 6.79. The molecule has 0 fully saturated rings. The zero-order valence-electron chi connectivity index (χ0n) is 9.51. The SMILES string of the molecule is COC(=O)C[C@@H](N)c1ccc(F)c(C#N)c1O.Cl. The number of nitrogens with zero attached hydrogens (tertiary/aromatic N) is 1. The van der Waals surface area contributed by atoms with Crippen molar-refractivity contribution in [1.29, 1.82) is 5.26 Å². The number of ether oxygens (including phenoxy) is 1. The van der Waals surface area contributed by atoms with Gasteiger partial charge in [0.05, 0.1) is 13.5 Å². The lowest BCUT2D eigenvalue weighted by Crippen LogP contribution is -2.16. The van der Waals surface area contributed by atoms with Gasteiger partial charge in [0.25, 0.3) is 0 Å². The smallest absolute Gasteiger partial charge is 0.307 e. The van der Waals surface area contributed by atoms with Crippen LogP contribution >= 0.6 is 12.4 Å². The van der Waals surface area contributed by atoms with Crippen molar-refractivity contribution in [2.45, 2.75) is 12.5 Å². The number of nitrogens with two attached hydrogens (primary N) is 1. The Balaban J connectivity index is 0.00000289. The molecule has 0 aliphatic heterocycles. The molecule has 0 saturated carbocycles. The van der Waals surface area contributed by atoms with E-state index in [1.165, 1.54) is 19.2 Å². The highest BCUT2D eigenvalue weighted by atomic mass is 35.5. The molecule has 0 spiro atoms. The van der Waals surface area contributed by atoms with Crippen LogP contribution in [0.2, 0.25) is 0 Å².